The third-order valence-corrected chi connectivity index (χ3v) is 5.49. The number of rotatable bonds is 3. The maximum Gasteiger partial charge on any atom is 0.177 e. The Morgan fingerprint density at radius 3 is 2.64 bits per heavy atom. The molecule has 0 bridgehead atoms. The molecule has 4 N–H and O–H groups in total. The van der Waals surface area contributed by atoms with Gasteiger partial charge < -0.3 is 15.9 Å². The van der Waals surface area contributed by atoms with Gasteiger partial charge in [-0.25, -0.2) is 4.98 Å². The number of nitrogen functional groups attached to an aromatic ring is 2. The van der Waals surface area contributed by atoms with Crippen LogP contribution < -0.4 is 11.5 Å². The zero-order valence-corrected chi connectivity index (χ0v) is 15.5. The molecule has 0 amide bonds. The van der Waals surface area contributed by atoms with Crippen molar-refractivity contribution in [2.45, 2.75) is 38.1 Å². The molecule has 142 valence electrons. The van der Waals surface area contributed by atoms with Gasteiger partial charge in [-0.2, -0.15) is 5.10 Å². The number of aromatic nitrogens is 4. The van der Waals surface area contributed by atoms with Crippen LogP contribution in [0.25, 0.3) is 33.4 Å². The summed E-state index contributed by atoms with van der Waals surface area (Å²) in [4.78, 5) is 8.48. The predicted octanol–water partition coefficient (Wildman–Crippen LogP) is 4.42. The van der Waals surface area contributed by atoms with E-state index in [4.69, 9.17) is 15.9 Å². The van der Waals surface area contributed by atoms with Crippen LogP contribution in [0.15, 0.2) is 47.5 Å². The first kappa shape index (κ1) is 16.8. The summed E-state index contributed by atoms with van der Waals surface area (Å²) < 4.78 is 8.11. The minimum Gasteiger partial charge on any atom is -0.452 e. The number of nitrogens with zero attached hydrogens (tertiary/aromatic N) is 4. The van der Waals surface area contributed by atoms with E-state index >= 15 is 0 Å². The van der Waals surface area contributed by atoms with Crippen molar-refractivity contribution in [1.29, 1.82) is 0 Å². The molecule has 1 fully saturated rings. The Balaban J connectivity index is 1.58. The maximum absolute atomic E-state index is 6.08. The van der Waals surface area contributed by atoms with E-state index in [0.717, 1.165) is 22.1 Å². The fraction of sp³-hybridized carbons (Fsp3) is 0.286. The largest absolute Gasteiger partial charge is 0.452 e. The van der Waals surface area contributed by atoms with Crippen molar-refractivity contribution in [2.75, 3.05) is 11.5 Å². The molecule has 7 nitrogen and oxygen atoms in total. The third kappa shape index (κ3) is 2.89. The SMILES string of the molecule is Nc1cncc(-c2cc3c(-c4cnn(C5CCCCC5)c4)cnc(N)c3o2)c1. The summed E-state index contributed by atoms with van der Waals surface area (Å²) in [6.07, 6.45) is 15.4. The summed E-state index contributed by atoms with van der Waals surface area (Å²) in [7, 11) is 0. The Morgan fingerprint density at radius 1 is 0.964 bits per heavy atom. The standard InChI is InChI=1S/C21H22N6O/c22-15-6-13(8-24-10-15)19-7-17-18(11-25-21(23)20(17)28-19)14-9-26-27(12-14)16-4-2-1-3-5-16/h6-12,16H,1-5,22H2,(H2,23,25). The molecule has 28 heavy (non-hydrogen) atoms. The van der Waals surface area contributed by atoms with Gasteiger partial charge in [-0.15, -0.1) is 0 Å². The summed E-state index contributed by atoms with van der Waals surface area (Å²) in [6.45, 7) is 0. The van der Waals surface area contributed by atoms with Gasteiger partial charge in [-0.05, 0) is 25.0 Å². The van der Waals surface area contributed by atoms with Crippen molar-refractivity contribution in [3.05, 3.63) is 43.1 Å². The number of anilines is 2. The van der Waals surface area contributed by atoms with Gasteiger partial charge in [0, 0.05) is 46.9 Å². The van der Waals surface area contributed by atoms with E-state index in [-0.39, 0.29) is 0 Å². The Morgan fingerprint density at radius 2 is 1.82 bits per heavy atom. The monoisotopic (exact) mass is 374 g/mol. The van der Waals surface area contributed by atoms with Gasteiger partial charge in [0.1, 0.15) is 5.76 Å². The first-order valence-corrected chi connectivity index (χ1v) is 9.62. The number of hydrogen-bond donors (Lipinski definition) is 2. The number of pyridine rings is 2. The zero-order valence-electron chi connectivity index (χ0n) is 15.5. The number of hydrogen-bond acceptors (Lipinski definition) is 6. The maximum atomic E-state index is 6.08. The van der Waals surface area contributed by atoms with Gasteiger partial charge in [0.25, 0.3) is 0 Å². The topological polar surface area (TPSA) is 109 Å². The molecule has 4 aromatic rings. The number of fused-ring (bicyclic) bond motifs is 1. The minimum atomic E-state index is 0.363. The van der Waals surface area contributed by atoms with Gasteiger partial charge in [-0.1, -0.05) is 19.3 Å². The highest BCUT2D eigenvalue weighted by Crippen LogP contribution is 2.37. The number of furan rings is 1. The highest BCUT2D eigenvalue weighted by molar-refractivity contribution is 6.00. The van der Waals surface area contributed by atoms with E-state index in [1.807, 2.05) is 18.3 Å². The average Bonchev–Trinajstić information content (AvgIpc) is 3.37. The van der Waals surface area contributed by atoms with Crippen molar-refractivity contribution < 1.29 is 4.42 Å². The van der Waals surface area contributed by atoms with Crippen LogP contribution >= 0.6 is 0 Å². The lowest BCUT2D eigenvalue weighted by Gasteiger charge is -2.21. The molecule has 1 aliphatic rings. The van der Waals surface area contributed by atoms with Crippen LogP contribution in [0.5, 0.6) is 0 Å². The van der Waals surface area contributed by atoms with Crippen LogP contribution in [0.4, 0.5) is 11.5 Å². The minimum absolute atomic E-state index is 0.363. The highest BCUT2D eigenvalue weighted by Gasteiger charge is 2.19. The van der Waals surface area contributed by atoms with Gasteiger partial charge >= 0.3 is 0 Å². The van der Waals surface area contributed by atoms with Crippen molar-refractivity contribution in [1.82, 2.24) is 19.7 Å². The lowest BCUT2D eigenvalue weighted by atomic mass is 9.96. The van der Waals surface area contributed by atoms with Crippen molar-refractivity contribution in [3.63, 3.8) is 0 Å². The molecule has 0 aliphatic heterocycles. The van der Waals surface area contributed by atoms with Gasteiger partial charge in [-0.3, -0.25) is 9.67 Å². The smallest absolute Gasteiger partial charge is 0.177 e. The highest BCUT2D eigenvalue weighted by atomic mass is 16.3. The molecular formula is C21H22N6O. The second-order valence-corrected chi connectivity index (χ2v) is 7.42. The molecule has 1 saturated carbocycles. The predicted molar refractivity (Wildman–Crippen MR) is 109 cm³/mol. The fourth-order valence-electron chi connectivity index (χ4n) is 4.03. The fourth-order valence-corrected chi connectivity index (χ4v) is 4.03. The molecule has 0 spiro atoms. The Hall–Kier alpha value is -3.35. The molecule has 7 heteroatoms. The van der Waals surface area contributed by atoms with Gasteiger partial charge in [0.15, 0.2) is 11.4 Å². The van der Waals surface area contributed by atoms with Crippen LogP contribution in [0.2, 0.25) is 0 Å². The molecule has 0 saturated heterocycles. The van der Waals surface area contributed by atoms with E-state index in [1.165, 1.54) is 32.1 Å². The molecule has 5 rings (SSSR count). The van der Waals surface area contributed by atoms with E-state index in [2.05, 4.69) is 25.9 Å². The lowest BCUT2D eigenvalue weighted by molar-refractivity contribution is 0.329. The molecule has 0 aromatic carbocycles. The van der Waals surface area contributed by atoms with Crippen LogP contribution in [-0.4, -0.2) is 19.7 Å². The van der Waals surface area contributed by atoms with Crippen molar-refractivity contribution in [2.24, 2.45) is 0 Å². The van der Waals surface area contributed by atoms with E-state index in [0.29, 0.717) is 28.9 Å². The Labute approximate surface area is 162 Å². The Kier molecular flexibility index (Phi) is 4.00. The van der Waals surface area contributed by atoms with Gasteiger partial charge in [0.2, 0.25) is 0 Å². The van der Waals surface area contributed by atoms with E-state index < -0.39 is 0 Å². The summed E-state index contributed by atoms with van der Waals surface area (Å²) in [5.74, 6) is 1.02. The first-order chi connectivity index (χ1) is 13.7. The summed E-state index contributed by atoms with van der Waals surface area (Å²) in [6, 6.07) is 4.28. The van der Waals surface area contributed by atoms with Crippen LogP contribution in [0.1, 0.15) is 38.1 Å². The number of nitrogens with two attached hydrogens (primary N) is 2. The average molecular weight is 374 g/mol. The molecular weight excluding hydrogens is 352 g/mol. The summed E-state index contributed by atoms with van der Waals surface area (Å²) in [5, 5.41) is 5.53. The molecule has 0 unspecified atom stereocenters. The molecule has 4 heterocycles. The molecule has 1 aliphatic carbocycles. The van der Waals surface area contributed by atoms with Crippen LogP contribution in [-0.2, 0) is 0 Å². The van der Waals surface area contributed by atoms with Crippen LogP contribution in [0, 0.1) is 0 Å². The third-order valence-electron chi connectivity index (χ3n) is 5.49. The second-order valence-electron chi connectivity index (χ2n) is 7.42. The molecule has 0 radical (unpaired) electrons. The zero-order chi connectivity index (χ0) is 19.1. The summed E-state index contributed by atoms with van der Waals surface area (Å²) >= 11 is 0. The normalized spacial score (nSPS) is 15.3. The second kappa shape index (κ2) is 6.67. The van der Waals surface area contributed by atoms with Crippen molar-refractivity contribution >= 4 is 22.5 Å². The summed E-state index contributed by atoms with van der Waals surface area (Å²) in [5.41, 5.74) is 15.9. The Bertz CT molecular complexity index is 1140. The lowest BCUT2D eigenvalue weighted by Crippen LogP contribution is -2.12. The van der Waals surface area contributed by atoms with E-state index in [1.54, 1.807) is 18.6 Å². The van der Waals surface area contributed by atoms with Gasteiger partial charge in [0.05, 0.1) is 17.9 Å². The quantitative estimate of drug-likeness (QED) is 0.549. The molecule has 4 aromatic heterocycles. The first-order valence-electron chi connectivity index (χ1n) is 9.62. The van der Waals surface area contributed by atoms with Crippen LogP contribution in [0.3, 0.4) is 0 Å². The van der Waals surface area contributed by atoms with E-state index in [9.17, 15) is 0 Å². The van der Waals surface area contributed by atoms with Crippen molar-refractivity contribution in [3.8, 4) is 22.5 Å². The molecule has 0 atom stereocenters.